The summed E-state index contributed by atoms with van der Waals surface area (Å²) in [5.74, 6) is -0.351. The van der Waals surface area contributed by atoms with E-state index in [0.29, 0.717) is 35.7 Å². The van der Waals surface area contributed by atoms with Gasteiger partial charge in [-0.05, 0) is 31.2 Å². The average Bonchev–Trinajstić information content (AvgIpc) is 3.27. The maximum absolute atomic E-state index is 13.9. The lowest BCUT2D eigenvalue weighted by molar-refractivity contribution is -0.134. The molecule has 2 aliphatic rings. The second-order valence-corrected chi connectivity index (χ2v) is 9.75. The zero-order chi connectivity index (χ0) is 26.1. The van der Waals surface area contributed by atoms with E-state index in [1.54, 1.807) is 12.1 Å². The van der Waals surface area contributed by atoms with Gasteiger partial charge in [0.15, 0.2) is 11.5 Å². The number of carbonyl (C=O) groups is 2. The Morgan fingerprint density at radius 3 is 2.35 bits per heavy atom. The number of ether oxygens (including phenoxy) is 2. The number of pyridine rings is 1. The predicted octanol–water partition coefficient (Wildman–Crippen LogP) is 4.86. The number of aromatic nitrogens is 1. The fraction of sp³-hybridized carbons (Fsp3) is 0.296. The van der Waals surface area contributed by atoms with E-state index in [4.69, 9.17) is 32.7 Å². The van der Waals surface area contributed by atoms with Gasteiger partial charge in [0, 0.05) is 55.4 Å². The van der Waals surface area contributed by atoms with E-state index in [1.165, 1.54) is 19.5 Å². The molecule has 192 valence electrons. The van der Waals surface area contributed by atoms with Gasteiger partial charge in [-0.1, -0.05) is 41.4 Å². The average molecular weight is 541 g/mol. The molecule has 0 radical (unpaired) electrons. The molecule has 5 rings (SSSR count). The van der Waals surface area contributed by atoms with E-state index in [9.17, 15) is 9.59 Å². The van der Waals surface area contributed by atoms with Crippen LogP contribution in [0.3, 0.4) is 0 Å². The molecule has 0 saturated carbocycles. The van der Waals surface area contributed by atoms with Crippen LogP contribution in [0.5, 0.6) is 11.5 Å². The summed E-state index contributed by atoms with van der Waals surface area (Å²) in [5, 5.41) is 3.18. The number of rotatable bonds is 5. The Morgan fingerprint density at radius 1 is 1.03 bits per heavy atom. The number of anilines is 2. The second kappa shape index (κ2) is 10.5. The molecule has 37 heavy (non-hydrogen) atoms. The minimum absolute atomic E-state index is 0.0822. The van der Waals surface area contributed by atoms with Gasteiger partial charge in [-0.3, -0.25) is 14.6 Å². The first-order valence-corrected chi connectivity index (χ1v) is 12.7. The van der Waals surface area contributed by atoms with Crippen LogP contribution in [-0.4, -0.2) is 61.1 Å². The van der Waals surface area contributed by atoms with Crippen LogP contribution < -0.4 is 19.7 Å². The summed E-state index contributed by atoms with van der Waals surface area (Å²) in [4.78, 5) is 35.3. The van der Waals surface area contributed by atoms with Crippen LogP contribution >= 0.6 is 23.2 Å². The van der Waals surface area contributed by atoms with Crippen molar-refractivity contribution >= 4 is 46.4 Å². The number of hydrogen-bond donors (Lipinski definition) is 1. The molecule has 0 aliphatic carbocycles. The quantitative estimate of drug-likeness (QED) is 0.497. The third-order valence-corrected chi connectivity index (χ3v) is 7.35. The molecule has 0 spiro atoms. The predicted molar refractivity (Wildman–Crippen MR) is 143 cm³/mol. The Bertz CT molecular complexity index is 1310. The van der Waals surface area contributed by atoms with E-state index in [1.807, 2.05) is 30.0 Å². The van der Waals surface area contributed by atoms with E-state index >= 15 is 0 Å². The molecule has 3 heterocycles. The lowest BCUT2D eigenvalue weighted by Crippen LogP contribution is -2.51. The van der Waals surface area contributed by atoms with Crippen LogP contribution in [0.4, 0.5) is 11.4 Å². The van der Waals surface area contributed by atoms with Crippen molar-refractivity contribution in [2.24, 2.45) is 0 Å². The van der Waals surface area contributed by atoms with Crippen molar-refractivity contribution in [3.8, 4) is 11.5 Å². The summed E-state index contributed by atoms with van der Waals surface area (Å²) in [6.45, 7) is 4.41. The van der Waals surface area contributed by atoms with Crippen LogP contribution in [-0.2, 0) is 4.79 Å². The molecule has 2 unspecified atom stereocenters. The fourth-order valence-electron chi connectivity index (χ4n) is 4.91. The minimum atomic E-state index is -0.669. The number of carbonyl (C=O) groups excluding carboxylic acids is 2. The first-order chi connectivity index (χ1) is 17.9. The van der Waals surface area contributed by atoms with Crippen LogP contribution in [0, 0.1) is 0 Å². The van der Waals surface area contributed by atoms with Gasteiger partial charge in [0.2, 0.25) is 5.91 Å². The first-order valence-electron chi connectivity index (χ1n) is 12.0. The van der Waals surface area contributed by atoms with Crippen molar-refractivity contribution < 1.29 is 19.1 Å². The van der Waals surface area contributed by atoms with Gasteiger partial charge < -0.3 is 24.6 Å². The van der Waals surface area contributed by atoms with Gasteiger partial charge >= 0.3 is 0 Å². The van der Waals surface area contributed by atoms with E-state index in [2.05, 4.69) is 27.3 Å². The van der Waals surface area contributed by atoms with Gasteiger partial charge in [-0.25, -0.2) is 0 Å². The van der Waals surface area contributed by atoms with Crippen LogP contribution in [0.25, 0.3) is 0 Å². The maximum atomic E-state index is 13.9. The number of piperazine rings is 1. The lowest BCUT2D eigenvalue weighted by atomic mass is 9.89. The van der Waals surface area contributed by atoms with E-state index < -0.39 is 17.9 Å². The maximum Gasteiger partial charge on any atom is 0.256 e. The largest absolute Gasteiger partial charge is 0.493 e. The number of halogens is 2. The minimum Gasteiger partial charge on any atom is -0.493 e. The number of para-hydroxylation sites is 1. The third-order valence-electron chi connectivity index (χ3n) is 6.78. The fourth-order valence-corrected chi connectivity index (χ4v) is 5.37. The van der Waals surface area contributed by atoms with Crippen molar-refractivity contribution in [2.75, 3.05) is 43.5 Å². The summed E-state index contributed by atoms with van der Waals surface area (Å²) < 4.78 is 11.6. The number of nitrogens with zero attached hydrogens (tertiary/aromatic N) is 3. The number of hydrogen-bond acceptors (Lipinski definition) is 6. The van der Waals surface area contributed by atoms with Gasteiger partial charge in [0.05, 0.1) is 22.8 Å². The molecule has 1 fully saturated rings. The van der Waals surface area contributed by atoms with E-state index in [-0.39, 0.29) is 21.6 Å². The van der Waals surface area contributed by atoms with Crippen LogP contribution in [0.1, 0.15) is 28.8 Å². The third kappa shape index (κ3) is 4.79. The zero-order valence-corrected chi connectivity index (χ0v) is 21.9. The molecule has 0 bridgehead atoms. The summed E-state index contributed by atoms with van der Waals surface area (Å²) in [6.07, 6.45) is 2.31. The Hall–Kier alpha value is -3.49. The molecular formula is C27H26Cl2N4O4. The number of fused-ring (bicyclic) bond motifs is 1. The van der Waals surface area contributed by atoms with Gasteiger partial charge in [-0.2, -0.15) is 0 Å². The van der Waals surface area contributed by atoms with Crippen molar-refractivity contribution in [2.45, 2.75) is 18.9 Å². The van der Waals surface area contributed by atoms with Crippen LogP contribution in [0.2, 0.25) is 10.0 Å². The van der Waals surface area contributed by atoms with Crippen molar-refractivity contribution in [1.29, 1.82) is 0 Å². The summed E-state index contributed by atoms with van der Waals surface area (Å²) in [6, 6.07) is 13.4. The molecule has 2 aromatic carbocycles. The molecule has 3 aromatic rings. The van der Waals surface area contributed by atoms with E-state index in [0.717, 1.165) is 18.8 Å². The Kier molecular flexibility index (Phi) is 7.13. The molecule has 2 atom stereocenters. The Labute approximate surface area is 225 Å². The lowest BCUT2D eigenvalue weighted by Gasteiger charge is -2.37. The zero-order valence-electron chi connectivity index (χ0n) is 20.4. The molecular weight excluding hydrogens is 515 g/mol. The smallest absolute Gasteiger partial charge is 0.256 e. The summed E-state index contributed by atoms with van der Waals surface area (Å²) in [5.41, 5.74) is 2.18. The summed E-state index contributed by atoms with van der Waals surface area (Å²) in [7, 11) is 1.53. The number of nitrogens with one attached hydrogen (secondary N) is 1. The highest BCUT2D eigenvalue weighted by Gasteiger charge is 2.44. The standard InChI is InChI=1S/C27H26Cl2N4O4/c1-16-22(27(35)33-12-10-32(11-13-33)17-6-4-3-5-7-17)23-18(8-9-21(36-2)25(23)37-16)26(34)31-24-19(28)14-30-15-20(24)29/h3-9,14-16,22H,10-13H2,1-2H3,(H,30,31,34). The molecule has 1 aromatic heterocycles. The van der Waals surface area contributed by atoms with Crippen LogP contribution in [0.15, 0.2) is 54.9 Å². The topological polar surface area (TPSA) is 84.0 Å². The van der Waals surface area contributed by atoms with Gasteiger partial charge in [-0.15, -0.1) is 0 Å². The number of methoxy groups -OCH3 is 1. The first kappa shape index (κ1) is 25.2. The molecule has 10 heteroatoms. The highest BCUT2D eigenvalue weighted by atomic mass is 35.5. The normalized spacial score (nSPS) is 18.7. The van der Waals surface area contributed by atoms with Crippen molar-refractivity contribution in [3.63, 3.8) is 0 Å². The highest BCUT2D eigenvalue weighted by molar-refractivity contribution is 6.39. The molecule has 2 aliphatic heterocycles. The monoisotopic (exact) mass is 540 g/mol. The second-order valence-electron chi connectivity index (χ2n) is 8.94. The Morgan fingerprint density at radius 2 is 1.70 bits per heavy atom. The molecule has 8 nitrogen and oxygen atoms in total. The molecule has 1 N–H and O–H groups in total. The van der Waals surface area contributed by atoms with Gasteiger partial charge in [0.25, 0.3) is 5.91 Å². The number of benzene rings is 2. The highest BCUT2D eigenvalue weighted by Crippen LogP contribution is 2.47. The Balaban J connectivity index is 1.43. The molecule has 1 saturated heterocycles. The van der Waals surface area contributed by atoms with Crippen molar-refractivity contribution in [1.82, 2.24) is 9.88 Å². The summed E-state index contributed by atoms with van der Waals surface area (Å²) >= 11 is 12.4. The SMILES string of the molecule is COc1ccc(C(=O)Nc2c(Cl)cncc2Cl)c2c1OC(C)C2C(=O)N1CCN(c2ccccc2)CC1. The van der Waals surface area contributed by atoms with Crippen molar-refractivity contribution in [3.05, 3.63) is 76.0 Å². The number of amides is 2. The molecule has 2 amide bonds. The van der Waals surface area contributed by atoms with Gasteiger partial charge in [0.1, 0.15) is 12.0 Å².